The highest BCUT2D eigenvalue weighted by atomic mass is 32.2. The summed E-state index contributed by atoms with van der Waals surface area (Å²) in [6, 6.07) is 2.61. The van der Waals surface area contributed by atoms with Crippen LogP contribution in [0, 0.1) is 0 Å². The number of aliphatic hydroxyl groups excluding tert-OH is 1. The molecule has 22 heavy (non-hydrogen) atoms. The van der Waals surface area contributed by atoms with Crippen molar-refractivity contribution in [2.24, 2.45) is 0 Å². The lowest BCUT2D eigenvalue weighted by molar-refractivity contribution is -0.117. The van der Waals surface area contributed by atoms with Crippen LogP contribution in [0.2, 0.25) is 0 Å². The molecule has 0 bridgehead atoms. The molecule has 0 aromatic carbocycles. The zero-order chi connectivity index (χ0) is 16.2. The molecule has 0 fully saturated rings. The lowest BCUT2D eigenvalue weighted by Gasteiger charge is -2.14. The fourth-order valence-electron chi connectivity index (χ4n) is 2.31. The maximum atomic E-state index is 9.73. The van der Waals surface area contributed by atoms with Crippen molar-refractivity contribution in [1.82, 2.24) is 4.73 Å². The van der Waals surface area contributed by atoms with E-state index in [0.717, 1.165) is 17.6 Å². The fraction of sp³-hybridized carbons (Fsp3) is 0.750. The number of unbranched alkanes of at least 4 members (excludes halogenated alkanes) is 7. The Hall–Kier alpha value is -1.01. The van der Waals surface area contributed by atoms with E-state index in [9.17, 15) is 15.3 Å². The molecule has 0 aliphatic heterocycles. The normalized spacial score (nSPS) is 12.5. The monoisotopic (exact) mass is 331 g/mol. The van der Waals surface area contributed by atoms with E-state index in [1.807, 2.05) is 11.8 Å². The van der Waals surface area contributed by atoms with Crippen molar-refractivity contribution in [3.63, 3.8) is 0 Å². The molecule has 0 amide bonds. The van der Waals surface area contributed by atoms with Crippen molar-refractivity contribution < 1.29 is 20.2 Å². The van der Waals surface area contributed by atoms with Crippen molar-refractivity contribution in [2.45, 2.75) is 64.1 Å². The van der Waals surface area contributed by atoms with Crippen LogP contribution in [0.4, 0.5) is 0 Å². The second kappa shape index (κ2) is 11.5. The summed E-state index contributed by atoms with van der Waals surface area (Å²) in [5.74, 6) is 0.820. The smallest absolute Gasteiger partial charge is 0.229 e. The highest BCUT2D eigenvalue weighted by Gasteiger charge is 2.12. The third kappa shape index (κ3) is 7.84. The van der Waals surface area contributed by atoms with Crippen molar-refractivity contribution in [1.29, 1.82) is 0 Å². The molecular formula is C16H29NO4S. The summed E-state index contributed by atoms with van der Waals surface area (Å²) in [4.78, 5) is 5.07. The van der Waals surface area contributed by atoms with Crippen LogP contribution in [-0.4, -0.2) is 38.3 Å². The summed E-state index contributed by atoms with van der Waals surface area (Å²) in [7, 11) is 0. The molecule has 0 saturated carbocycles. The molecule has 1 rings (SSSR count). The number of aliphatic hydroxyl groups is 1. The van der Waals surface area contributed by atoms with E-state index in [2.05, 4.69) is 6.26 Å². The summed E-state index contributed by atoms with van der Waals surface area (Å²) in [5, 5.41) is 28.5. The fourth-order valence-corrected chi connectivity index (χ4v) is 2.80. The van der Waals surface area contributed by atoms with E-state index in [4.69, 9.17) is 4.84 Å². The third-order valence-electron chi connectivity index (χ3n) is 3.57. The Labute approximate surface area is 137 Å². The first-order valence-corrected chi connectivity index (χ1v) is 9.48. The molecule has 1 unspecified atom stereocenters. The molecule has 0 spiro atoms. The minimum atomic E-state index is -1.02. The van der Waals surface area contributed by atoms with Gasteiger partial charge in [0.25, 0.3) is 0 Å². The van der Waals surface area contributed by atoms with Gasteiger partial charge < -0.3 is 20.2 Å². The molecule has 5 nitrogen and oxygen atoms in total. The first-order chi connectivity index (χ1) is 10.6. The molecule has 0 aliphatic carbocycles. The molecule has 3 N–H and O–H groups in total. The first-order valence-electron chi connectivity index (χ1n) is 8.09. The Balaban J connectivity index is 1.96. The summed E-state index contributed by atoms with van der Waals surface area (Å²) >= 11 is 1.91. The van der Waals surface area contributed by atoms with Gasteiger partial charge in [0.15, 0.2) is 0 Å². The van der Waals surface area contributed by atoms with Crippen molar-refractivity contribution in [2.75, 3.05) is 12.0 Å². The summed E-state index contributed by atoms with van der Waals surface area (Å²) in [6.07, 6.45) is 11.2. The predicted molar refractivity (Wildman–Crippen MR) is 90.3 cm³/mol. The highest BCUT2D eigenvalue weighted by molar-refractivity contribution is 7.98. The average molecular weight is 331 g/mol. The molecule has 0 radical (unpaired) electrons. The number of aromatic nitrogens is 1. The predicted octanol–water partition coefficient (Wildman–Crippen LogP) is 3.52. The third-order valence-corrected chi connectivity index (χ3v) is 4.27. The van der Waals surface area contributed by atoms with Crippen molar-refractivity contribution in [3.8, 4) is 11.8 Å². The highest BCUT2D eigenvalue weighted by Crippen LogP contribution is 2.20. The van der Waals surface area contributed by atoms with Gasteiger partial charge in [-0.3, -0.25) is 0 Å². The van der Waals surface area contributed by atoms with Gasteiger partial charge in [-0.05, 0) is 24.9 Å². The maximum Gasteiger partial charge on any atom is 0.229 e. The quantitative estimate of drug-likeness (QED) is 0.381. The SMILES string of the molecule is CSCCCCCCCCCCC(O)On1c(O)ccc1O. The van der Waals surface area contributed by atoms with Crippen molar-refractivity contribution >= 4 is 11.8 Å². The molecule has 1 aromatic heterocycles. The van der Waals surface area contributed by atoms with Crippen LogP contribution in [0.15, 0.2) is 12.1 Å². The lowest BCUT2D eigenvalue weighted by atomic mass is 10.1. The first kappa shape index (κ1) is 19.0. The van der Waals surface area contributed by atoms with Crippen LogP contribution < -0.4 is 4.84 Å². The van der Waals surface area contributed by atoms with Gasteiger partial charge in [0, 0.05) is 18.6 Å². The van der Waals surface area contributed by atoms with Crippen LogP contribution >= 0.6 is 11.8 Å². The Morgan fingerprint density at radius 3 is 2.00 bits per heavy atom. The summed E-state index contributed by atoms with van der Waals surface area (Å²) in [6.45, 7) is 0. The van der Waals surface area contributed by atoms with Crippen molar-refractivity contribution in [3.05, 3.63) is 12.1 Å². The Kier molecular flexibility index (Phi) is 9.99. The molecule has 128 valence electrons. The van der Waals surface area contributed by atoms with Gasteiger partial charge >= 0.3 is 0 Å². The van der Waals surface area contributed by atoms with Crippen LogP contribution in [-0.2, 0) is 0 Å². The maximum absolute atomic E-state index is 9.73. The molecule has 0 aliphatic rings. The number of rotatable bonds is 13. The van der Waals surface area contributed by atoms with Gasteiger partial charge in [-0.2, -0.15) is 11.8 Å². The van der Waals surface area contributed by atoms with Crippen LogP contribution in [0.25, 0.3) is 0 Å². The lowest BCUT2D eigenvalue weighted by Crippen LogP contribution is -2.24. The van der Waals surface area contributed by atoms with Gasteiger partial charge in [-0.15, -0.1) is 4.73 Å². The molecule has 1 aromatic rings. The number of thioether (sulfide) groups is 1. The van der Waals surface area contributed by atoms with Gasteiger partial charge in [0.2, 0.25) is 18.1 Å². The van der Waals surface area contributed by atoms with Crippen LogP contribution in [0.1, 0.15) is 57.8 Å². The van der Waals surface area contributed by atoms with E-state index in [1.54, 1.807) is 0 Å². The molecule has 0 saturated heterocycles. The molecule has 1 heterocycles. The number of hydrogen-bond donors (Lipinski definition) is 3. The zero-order valence-electron chi connectivity index (χ0n) is 13.4. The Morgan fingerprint density at radius 2 is 1.45 bits per heavy atom. The zero-order valence-corrected chi connectivity index (χ0v) is 14.2. The van der Waals surface area contributed by atoms with Crippen LogP contribution in [0.5, 0.6) is 11.8 Å². The average Bonchev–Trinajstić information content (AvgIpc) is 2.81. The second-order valence-electron chi connectivity index (χ2n) is 5.51. The van der Waals surface area contributed by atoms with E-state index in [-0.39, 0.29) is 11.8 Å². The number of aromatic hydroxyl groups is 2. The van der Waals surface area contributed by atoms with Gasteiger partial charge in [0.1, 0.15) is 0 Å². The largest absolute Gasteiger partial charge is 0.492 e. The number of hydrogen-bond acceptors (Lipinski definition) is 5. The van der Waals surface area contributed by atoms with Gasteiger partial charge in [0.05, 0.1) is 0 Å². The topological polar surface area (TPSA) is 74.9 Å². The van der Waals surface area contributed by atoms with Gasteiger partial charge in [-0.1, -0.05) is 38.5 Å². The van der Waals surface area contributed by atoms with Crippen LogP contribution in [0.3, 0.4) is 0 Å². The minimum Gasteiger partial charge on any atom is -0.492 e. The van der Waals surface area contributed by atoms with Gasteiger partial charge in [-0.25, -0.2) is 0 Å². The second-order valence-corrected chi connectivity index (χ2v) is 6.50. The summed E-state index contributed by atoms with van der Waals surface area (Å²) < 4.78 is 0.833. The van der Waals surface area contributed by atoms with E-state index >= 15 is 0 Å². The van der Waals surface area contributed by atoms with E-state index in [1.165, 1.54) is 56.4 Å². The molecular weight excluding hydrogens is 302 g/mol. The van der Waals surface area contributed by atoms with E-state index < -0.39 is 6.29 Å². The summed E-state index contributed by atoms with van der Waals surface area (Å²) in [5.41, 5.74) is 0. The standard InChI is InChI=1S/C16H29NO4S/c1-22-13-9-7-5-3-2-4-6-8-10-16(20)21-17-14(18)11-12-15(17)19/h11-12,16,18-20H,2-10,13H2,1H3. The Bertz CT molecular complexity index is 378. The Morgan fingerprint density at radius 1 is 0.955 bits per heavy atom. The molecule has 1 atom stereocenters. The minimum absolute atomic E-state index is 0.224. The number of nitrogens with zero attached hydrogens (tertiary/aromatic N) is 1. The molecule has 6 heteroatoms. The van der Waals surface area contributed by atoms with E-state index in [0.29, 0.717) is 6.42 Å².